The minimum atomic E-state index is -3.42. The van der Waals surface area contributed by atoms with E-state index in [1.54, 1.807) is 35.5 Å². The maximum atomic E-state index is 12.6. The molecule has 10 heteroatoms. The van der Waals surface area contributed by atoms with Crippen LogP contribution >= 0.6 is 22.9 Å². The van der Waals surface area contributed by atoms with Crippen LogP contribution in [0.15, 0.2) is 47.4 Å². The number of amides is 1. The summed E-state index contributed by atoms with van der Waals surface area (Å²) in [5.74, 6) is 0.683. The quantitative estimate of drug-likeness (QED) is 0.497. The van der Waals surface area contributed by atoms with Crippen LogP contribution in [0.3, 0.4) is 0 Å². The van der Waals surface area contributed by atoms with Crippen LogP contribution in [0.25, 0.3) is 10.2 Å². The number of piperazine rings is 1. The lowest BCUT2D eigenvalue weighted by Crippen LogP contribution is -2.48. The molecule has 4 rings (SSSR count). The standard InChI is InChI=1S/C22H24ClN3O4S2/c1-30-18-4-2-5-19-21(18)24-22(31-19)26-13-11-25(12-14-26)20(27)6-3-15-32(28,29)17-9-7-16(23)8-10-17/h2,4-5,7-10H,3,6,11-15H2,1H3. The van der Waals surface area contributed by atoms with Crippen molar-refractivity contribution in [3.05, 3.63) is 47.5 Å². The Hall–Kier alpha value is -2.36. The molecule has 32 heavy (non-hydrogen) atoms. The SMILES string of the molecule is COc1cccc2sc(N3CCN(C(=O)CCCS(=O)(=O)c4ccc(Cl)cc4)CC3)nc12. The molecule has 0 saturated carbocycles. The predicted molar refractivity (Wildman–Crippen MR) is 128 cm³/mol. The number of aromatic nitrogens is 1. The number of rotatable bonds is 7. The number of carbonyl (C=O) groups is 1. The fourth-order valence-electron chi connectivity index (χ4n) is 3.69. The molecular weight excluding hydrogens is 470 g/mol. The maximum Gasteiger partial charge on any atom is 0.222 e. The second-order valence-electron chi connectivity index (χ2n) is 7.55. The third kappa shape index (κ3) is 5.00. The largest absolute Gasteiger partial charge is 0.494 e. The van der Waals surface area contributed by atoms with E-state index in [1.165, 1.54) is 12.1 Å². The van der Waals surface area contributed by atoms with E-state index in [1.807, 2.05) is 18.2 Å². The van der Waals surface area contributed by atoms with Gasteiger partial charge >= 0.3 is 0 Å². The van der Waals surface area contributed by atoms with Gasteiger partial charge in [-0.15, -0.1) is 0 Å². The Labute approximate surface area is 196 Å². The number of nitrogens with zero attached hydrogens (tertiary/aromatic N) is 3. The number of hydrogen-bond acceptors (Lipinski definition) is 7. The van der Waals surface area contributed by atoms with Crippen LogP contribution in [0.2, 0.25) is 5.02 Å². The normalized spacial score (nSPS) is 14.7. The summed E-state index contributed by atoms with van der Waals surface area (Å²) in [7, 11) is -1.78. The van der Waals surface area contributed by atoms with Crippen molar-refractivity contribution in [3.8, 4) is 5.75 Å². The fraction of sp³-hybridized carbons (Fsp3) is 0.364. The van der Waals surface area contributed by atoms with Gasteiger partial charge in [0.25, 0.3) is 0 Å². The molecule has 0 spiro atoms. The zero-order chi connectivity index (χ0) is 22.7. The number of thiazole rings is 1. The third-order valence-electron chi connectivity index (χ3n) is 5.47. The first-order valence-corrected chi connectivity index (χ1v) is 13.2. The number of halogens is 1. The lowest BCUT2D eigenvalue weighted by Gasteiger charge is -2.34. The van der Waals surface area contributed by atoms with E-state index in [0.29, 0.717) is 37.6 Å². The number of fused-ring (bicyclic) bond motifs is 1. The Bertz CT molecular complexity index is 1200. The van der Waals surface area contributed by atoms with Gasteiger partial charge in [-0.1, -0.05) is 29.0 Å². The molecule has 7 nitrogen and oxygen atoms in total. The average molecular weight is 494 g/mol. The van der Waals surface area contributed by atoms with Crippen LogP contribution in [0.5, 0.6) is 5.75 Å². The molecule has 0 radical (unpaired) electrons. The second-order valence-corrected chi connectivity index (χ2v) is 11.1. The highest BCUT2D eigenvalue weighted by Gasteiger charge is 2.24. The van der Waals surface area contributed by atoms with Crippen molar-refractivity contribution in [1.82, 2.24) is 9.88 Å². The van der Waals surface area contributed by atoms with Crippen molar-refractivity contribution in [2.45, 2.75) is 17.7 Å². The average Bonchev–Trinajstić information content (AvgIpc) is 3.24. The van der Waals surface area contributed by atoms with Crippen LogP contribution in [0.4, 0.5) is 5.13 Å². The van der Waals surface area contributed by atoms with Crippen molar-refractivity contribution in [1.29, 1.82) is 0 Å². The molecule has 3 aromatic rings. The molecule has 2 aromatic carbocycles. The van der Waals surface area contributed by atoms with E-state index in [-0.39, 0.29) is 23.0 Å². The summed E-state index contributed by atoms with van der Waals surface area (Å²) >= 11 is 7.43. The van der Waals surface area contributed by atoms with Crippen molar-refractivity contribution in [2.75, 3.05) is 43.9 Å². The predicted octanol–water partition coefficient (Wildman–Crippen LogP) is 3.86. The smallest absolute Gasteiger partial charge is 0.222 e. The Balaban J connectivity index is 1.29. The number of para-hydroxylation sites is 1. The number of hydrogen-bond donors (Lipinski definition) is 0. The highest BCUT2D eigenvalue weighted by molar-refractivity contribution is 7.91. The summed E-state index contributed by atoms with van der Waals surface area (Å²) in [4.78, 5) is 21.5. The van der Waals surface area contributed by atoms with E-state index in [9.17, 15) is 13.2 Å². The van der Waals surface area contributed by atoms with Gasteiger partial charge < -0.3 is 14.5 Å². The molecule has 1 aliphatic heterocycles. The van der Waals surface area contributed by atoms with Crippen molar-refractivity contribution < 1.29 is 17.9 Å². The monoisotopic (exact) mass is 493 g/mol. The molecule has 0 N–H and O–H groups in total. The summed E-state index contributed by atoms with van der Waals surface area (Å²) in [5, 5.41) is 1.41. The molecule has 1 saturated heterocycles. The lowest BCUT2D eigenvalue weighted by atomic mass is 10.2. The molecule has 1 amide bonds. The molecule has 1 aliphatic rings. The van der Waals surface area contributed by atoms with Gasteiger partial charge in [0.2, 0.25) is 5.91 Å². The second kappa shape index (κ2) is 9.64. The first kappa shape index (κ1) is 22.8. The molecule has 2 heterocycles. The van der Waals surface area contributed by atoms with Crippen molar-refractivity contribution in [3.63, 3.8) is 0 Å². The van der Waals surface area contributed by atoms with Crippen LogP contribution in [-0.4, -0.2) is 63.3 Å². The van der Waals surface area contributed by atoms with E-state index in [0.717, 1.165) is 21.1 Å². The number of sulfone groups is 1. The van der Waals surface area contributed by atoms with E-state index < -0.39 is 9.84 Å². The molecule has 1 fully saturated rings. The topological polar surface area (TPSA) is 79.8 Å². The van der Waals surface area contributed by atoms with Crippen LogP contribution in [-0.2, 0) is 14.6 Å². The van der Waals surface area contributed by atoms with E-state index >= 15 is 0 Å². The first-order chi connectivity index (χ1) is 15.4. The number of carbonyl (C=O) groups excluding carboxylic acids is 1. The van der Waals surface area contributed by atoms with Crippen LogP contribution in [0, 0.1) is 0 Å². The third-order valence-corrected chi connectivity index (χ3v) is 8.62. The van der Waals surface area contributed by atoms with Crippen LogP contribution in [0.1, 0.15) is 12.8 Å². The van der Waals surface area contributed by atoms with Gasteiger partial charge in [0.1, 0.15) is 11.3 Å². The van der Waals surface area contributed by atoms with Crippen molar-refractivity contribution >= 4 is 54.0 Å². The Morgan fingerprint density at radius 2 is 1.84 bits per heavy atom. The van der Waals surface area contributed by atoms with Gasteiger partial charge in [0.15, 0.2) is 15.0 Å². The molecule has 0 atom stereocenters. The molecule has 0 unspecified atom stereocenters. The van der Waals surface area contributed by atoms with Gasteiger partial charge in [-0.25, -0.2) is 13.4 Å². The zero-order valence-electron chi connectivity index (χ0n) is 17.7. The van der Waals surface area contributed by atoms with Gasteiger partial charge in [-0.3, -0.25) is 4.79 Å². The number of anilines is 1. The van der Waals surface area contributed by atoms with Gasteiger partial charge in [-0.05, 0) is 42.8 Å². The van der Waals surface area contributed by atoms with Crippen LogP contribution < -0.4 is 9.64 Å². The molecular formula is C22H24ClN3O4S2. The summed E-state index contributed by atoms with van der Waals surface area (Å²) in [6.07, 6.45) is 0.507. The highest BCUT2D eigenvalue weighted by atomic mass is 35.5. The molecule has 1 aromatic heterocycles. The van der Waals surface area contributed by atoms with Gasteiger partial charge in [0, 0.05) is 37.6 Å². The fourth-order valence-corrected chi connectivity index (χ4v) is 6.16. The first-order valence-electron chi connectivity index (χ1n) is 10.3. The lowest BCUT2D eigenvalue weighted by molar-refractivity contribution is -0.131. The number of methoxy groups -OCH3 is 1. The number of benzene rings is 2. The molecule has 170 valence electrons. The Morgan fingerprint density at radius 3 is 2.53 bits per heavy atom. The summed E-state index contributed by atoms with van der Waals surface area (Å²) in [5.41, 5.74) is 0.857. The van der Waals surface area contributed by atoms with Gasteiger partial charge in [-0.2, -0.15) is 0 Å². The van der Waals surface area contributed by atoms with E-state index in [4.69, 9.17) is 21.3 Å². The highest BCUT2D eigenvalue weighted by Crippen LogP contribution is 2.34. The maximum absolute atomic E-state index is 12.6. The summed E-state index contributed by atoms with van der Waals surface area (Å²) in [6, 6.07) is 12.0. The minimum Gasteiger partial charge on any atom is -0.494 e. The van der Waals surface area contributed by atoms with Gasteiger partial charge in [0.05, 0.1) is 22.5 Å². The summed E-state index contributed by atoms with van der Waals surface area (Å²) < 4.78 is 31.3. The van der Waals surface area contributed by atoms with E-state index in [2.05, 4.69) is 4.90 Å². The van der Waals surface area contributed by atoms with Crippen molar-refractivity contribution in [2.24, 2.45) is 0 Å². The molecule has 0 bridgehead atoms. The zero-order valence-corrected chi connectivity index (χ0v) is 20.0. The minimum absolute atomic E-state index is 0.0121. The molecule has 0 aliphatic carbocycles. The Kier molecular flexibility index (Phi) is 6.88. The Morgan fingerprint density at radius 1 is 1.12 bits per heavy atom. The summed E-state index contributed by atoms with van der Waals surface area (Å²) in [6.45, 7) is 2.57. The number of ether oxygens (including phenoxy) is 1.